The van der Waals surface area contributed by atoms with Crippen molar-refractivity contribution >= 4 is 23.2 Å². The molecule has 2 fully saturated rings. The Hall–Kier alpha value is -2.25. The Kier molecular flexibility index (Phi) is 4.74. The Balaban J connectivity index is 1.45. The summed E-state index contributed by atoms with van der Waals surface area (Å²) in [6.07, 6.45) is 4.64. The molecule has 136 valence electrons. The largest absolute Gasteiger partial charge is 0.369 e. The molecular weight excluding hydrogens is 350 g/mol. The molecule has 0 bridgehead atoms. The van der Waals surface area contributed by atoms with E-state index in [-0.39, 0.29) is 23.9 Å². The number of carbonyl (C=O) groups excluding carboxylic acids is 2. The second kappa shape index (κ2) is 7.17. The van der Waals surface area contributed by atoms with Crippen molar-refractivity contribution < 1.29 is 14.3 Å². The number of hydrogen-bond acceptors (Lipinski definition) is 5. The summed E-state index contributed by atoms with van der Waals surface area (Å²) in [7, 11) is 1.58. The molecule has 0 aliphatic carbocycles. The highest BCUT2D eigenvalue weighted by atomic mass is 32.1. The van der Waals surface area contributed by atoms with Crippen LogP contribution in [0.15, 0.2) is 42.0 Å². The topological polar surface area (TPSA) is 62.7 Å². The maximum Gasteiger partial charge on any atom is 0.263 e. The average Bonchev–Trinajstić information content (AvgIpc) is 3.22. The van der Waals surface area contributed by atoms with E-state index in [2.05, 4.69) is 4.98 Å². The molecule has 7 heteroatoms. The minimum atomic E-state index is -0.428. The van der Waals surface area contributed by atoms with E-state index in [1.807, 2.05) is 39.4 Å². The molecule has 0 aromatic carbocycles. The summed E-state index contributed by atoms with van der Waals surface area (Å²) in [5.41, 5.74) is 1.04. The van der Waals surface area contributed by atoms with Crippen LogP contribution >= 0.6 is 11.3 Å². The number of thiophene rings is 1. The van der Waals surface area contributed by atoms with Gasteiger partial charge < -0.3 is 14.5 Å². The van der Waals surface area contributed by atoms with Gasteiger partial charge >= 0.3 is 0 Å². The van der Waals surface area contributed by atoms with Crippen molar-refractivity contribution in [2.75, 3.05) is 20.2 Å². The molecule has 0 spiro atoms. The van der Waals surface area contributed by atoms with Crippen molar-refractivity contribution in [3.05, 3.63) is 52.5 Å². The van der Waals surface area contributed by atoms with Crippen LogP contribution in [0.1, 0.15) is 34.1 Å². The van der Waals surface area contributed by atoms with Gasteiger partial charge in [0, 0.05) is 38.6 Å². The lowest BCUT2D eigenvalue weighted by Crippen LogP contribution is -2.64. The highest BCUT2D eigenvalue weighted by Crippen LogP contribution is 2.40. The number of nitrogens with zero attached hydrogens (tertiary/aromatic N) is 3. The lowest BCUT2D eigenvalue weighted by Gasteiger charge is -2.52. The lowest BCUT2D eigenvalue weighted by molar-refractivity contribution is -0.178. The highest BCUT2D eigenvalue weighted by Gasteiger charge is 2.51. The van der Waals surface area contributed by atoms with E-state index in [1.165, 1.54) is 11.3 Å². The molecule has 2 saturated heterocycles. The molecule has 0 unspecified atom stereocenters. The Morgan fingerprint density at radius 1 is 1.23 bits per heavy atom. The Morgan fingerprint density at radius 2 is 1.96 bits per heavy atom. The van der Waals surface area contributed by atoms with E-state index in [1.54, 1.807) is 19.5 Å². The number of likely N-dealkylation sites (tertiary alicyclic amines) is 2. The summed E-state index contributed by atoms with van der Waals surface area (Å²) in [6, 6.07) is 7.70. The number of piperidine rings is 1. The van der Waals surface area contributed by atoms with Gasteiger partial charge in [0.05, 0.1) is 10.9 Å². The minimum Gasteiger partial charge on any atom is -0.369 e. The van der Waals surface area contributed by atoms with Gasteiger partial charge in [-0.05, 0) is 42.0 Å². The number of methoxy groups -OCH3 is 1. The van der Waals surface area contributed by atoms with Gasteiger partial charge in [-0.2, -0.15) is 0 Å². The summed E-state index contributed by atoms with van der Waals surface area (Å²) in [5, 5.41) is 1.92. The molecule has 0 saturated carbocycles. The molecule has 4 rings (SSSR count). The van der Waals surface area contributed by atoms with Crippen LogP contribution in [0.4, 0.5) is 0 Å². The van der Waals surface area contributed by atoms with Gasteiger partial charge in [0.25, 0.3) is 11.8 Å². The standard InChI is InChI=1S/C19H21N3O3S/c1-25-17-16(13-4-8-20-9-5-13)22(19(17)24)14-6-10-21(11-7-14)18(23)15-3-2-12-26-15/h2-5,8-9,12,14,16-17H,6-7,10-11H2,1H3/t16-,17+/m0/s1. The minimum absolute atomic E-state index is 0.0392. The first-order chi connectivity index (χ1) is 12.7. The number of ether oxygens (including phenoxy) is 1. The van der Waals surface area contributed by atoms with E-state index in [0.29, 0.717) is 13.1 Å². The van der Waals surface area contributed by atoms with Crippen molar-refractivity contribution in [1.82, 2.24) is 14.8 Å². The van der Waals surface area contributed by atoms with Gasteiger partial charge in [-0.3, -0.25) is 14.6 Å². The summed E-state index contributed by atoms with van der Waals surface area (Å²) in [6.45, 7) is 1.35. The van der Waals surface area contributed by atoms with Gasteiger partial charge in [0.15, 0.2) is 6.10 Å². The molecule has 2 aromatic rings. The smallest absolute Gasteiger partial charge is 0.263 e. The van der Waals surface area contributed by atoms with E-state index in [0.717, 1.165) is 23.3 Å². The number of carbonyl (C=O) groups is 2. The van der Waals surface area contributed by atoms with Gasteiger partial charge in [-0.15, -0.1) is 11.3 Å². The first-order valence-electron chi connectivity index (χ1n) is 8.78. The molecule has 2 amide bonds. The first-order valence-corrected chi connectivity index (χ1v) is 9.66. The van der Waals surface area contributed by atoms with Crippen LogP contribution in [0.25, 0.3) is 0 Å². The second-order valence-corrected chi connectivity index (χ2v) is 7.58. The van der Waals surface area contributed by atoms with Gasteiger partial charge in [0.1, 0.15) is 0 Å². The number of β-lactam (4-membered cyclic amide) rings is 1. The van der Waals surface area contributed by atoms with Gasteiger partial charge in [-0.1, -0.05) is 6.07 Å². The average molecular weight is 371 g/mol. The third-order valence-corrected chi connectivity index (χ3v) is 6.12. The fourth-order valence-electron chi connectivity index (χ4n) is 3.92. The first kappa shape index (κ1) is 17.2. The van der Waals surface area contributed by atoms with Crippen LogP contribution in [0.3, 0.4) is 0 Å². The zero-order valence-corrected chi connectivity index (χ0v) is 15.4. The molecular formula is C19H21N3O3S. The second-order valence-electron chi connectivity index (χ2n) is 6.63. The normalized spacial score (nSPS) is 23.8. The molecule has 2 atom stereocenters. The Bertz CT molecular complexity index is 773. The highest BCUT2D eigenvalue weighted by molar-refractivity contribution is 7.12. The fourth-order valence-corrected chi connectivity index (χ4v) is 4.61. The third kappa shape index (κ3) is 2.91. The molecule has 4 heterocycles. The molecule has 0 radical (unpaired) electrons. The summed E-state index contributed by atoms with van der Waals surface area (Å²) in [4.78, 5) is 33.7. The number of pyridine rings is 1. The summed E-state index contributed by atoms with van der Waals surface area (Å²) < 4.78 is 5.42. The number of amides is 2. The molecule has 0 N–H and O–H groups in total. The van der Waals surface area contributed by atoms with Crippen molar-refractivity contribution in [3.8, 4) is 0 Å². The van der Waals surface area contributed by atoms with E-state index < -0.39 is 6.10 Å². The molecule has 2 aliphatic heterocycles. The van der Waals surface area contributed by atoms with Gasteiger partial charge in [-0.25, -0.2) is 0 Å². The summed E-state index contributed by atoms with van der Waals surface area (Å²) >= 11 is 1.47. The lowest BCUT2D eigenvalue weighted by atomic mass is 9.86. The maximum atomic E-state index is 12.6. The van der Waals surface area contributed by atoms with Crippen LogP contribution in [0.5, 0.6) is 0 Å². The number of hydrogen-bond donors (Lipinski definition) is 0. The van der Waals surface area contributed by atoms with Crippen LogP contribution in [0, 0.1) is 0 Å². The van der Waals surface area contributed by atoms with E-state index in [4.69, 9.17) is 4.74 Å². The molecule has 6 nitrogen and oxygen atoms in total. The number of aromatic nitrogens is 1. The quantitative estimate of drug-likeness (QED) is 0.774. The fraction of sp³-hybridized carbons (Fsp3) is 0.421. The third-order valence-electron chi connectivity index (χ3n) is 5.26. The molecule has 26 heavy (non-hydrogen) atoms. The summed E-state index contributed by atoms with van der Waals surface area (Å²) in [5.74, 6) is 0.131. The van der Waals surface area contributed by atoms with E-state index in [9.17, 15) is 9.59 Å². The van der Waals surface area contributed by atoms with Crippen molar-refractivity contribution in [2.24, 2.45) is 0 Å². The Morgan fingerprint density at radius 3 is 2.58 bits per heavy atom. The van der Waals surface area contributed by atoms with Crippen molar-refractivity contribution in [2.45, 2.75) is 31.0 Å². The van der Waals surface area contributed by atoms with Crippen LogP contribution < -0.4 is 0 Å². The molecule has 2 aromatic heterocycles. The van der Waals surface area contributed by atoms with Crippen molar-refractivity contribution in [1.29, 1.82) is 0 Å². The van der Waals surface area contributed by atoms with Crippen LogP contribution in [-0.4, -0.2) is 58.9 Å². The predicted octanol–water partition coefficient (Wildman–Crippen LogP) is 2.35. The Labute approximate surface area is 156 Å². The number of rotatable bonds is 4. The monoisotopic (exact) mass is 371 g/mol. The maximum absolute atomic E-state index is 12.6. The van der Waals surface area contributed by atoms with E-state index >= 15 is 0 Å². The predicted molar refractivity (Wildman–Crippen MR) is 97.9 cm³/mol. The zero-order chi connectivity index (χ0) is 18.1. The molecule has 2 aliphatic rings. The van der Waals surface area contributed by atoms with Crippen molar-refractivity contribution in [3.63, 3.8) is 0 Å². The zero-order valence-electron chi connectivity index (χ0n) is 14.6. The SMILES string of the molecule is CO[C@H]1C(=O)N(C2CCN(C(=O)c3cccs3)CC2)[C@H]1c1ccncc1. The van der Waals surface area contributed by atoms with Gasteiger partial charge in [0.2, 0.25) is 0 Å². The van der Waals surface area contributed by atoms with Crippen LogP contribution in [-0.2, 0) is 9.53 Å². The van der Waals surface area contributed by atoms with Crippen LogP contribution in [0.2, 0.25) is 0 Å².